The molecule has 1 aliphatic rings. The zero-order valence-electron chi connectivity index (χ0n) is 5.93. The molecule has 0 spiro atoms. The fourth-order valence-corrected chi connectivity index (χ4v) is 2.29. The molecule has 0 aromatic heterocycles. The zero-order chi connectivity index (χ0) is 6.53. The Kier molecular flexibility index (Phi) is 3.91. The number of unbranched alkanes of at least 4 members (excludes halogenated alkanes) is 3. The summed E-state index contributed by atoms with van der Waals surface area (Å²) in [6.45, 7) is 2.26. The second-order valence-corrected chi connectivity index (χ2v) is 5.45. The van der Waals surface area contributed by atoms with E-state index in [9.17, 15) is 0 Å². The van der Waals surface area contributed by atoms with Crippen LogP contribution in [-0.4, -0.2) is 4.58 Å². The van der Waals surface area contributed by atoms with Gasteiger partial charge in [-0.3, -0.25) is 0 Å². The number of hydrogen-bond donors (Lipinski definition) is 0. The highest BCUT2D eigenvalue weighted by Crippen LogP contribution is 2.55. The highest BCUT2D eigenvalue weighted by molar-refractivity contribution is 8.92. The molecular formula is C7H14S2. The SMILES string of the molecule is CCCCCCC1SS1. The van der Waals surface area contributed by atoms with E-state index in [1.54, 1.807) is 0 Å². The maximum Gasteiger partial charge on any atom is 0.0710 e. The van der Waals surface area contributed by atoms with Crippen molar-refractivity contribution in [2.24, 2.45) is 0 Å². The quantitative estimate of drug-likeness (QED) is 0.343. The molecule has 0 bridgehead atoms. The molecule has 0 aliphatic carbocycles. The van der Waals surface area contributed by atoms with Crippen LogP contribution in [0.5, 0.6) is 0 Å². The van der Waals surface area contributed by atoms with Crippen LogP contribution in [0.25, 0.3) is 0 Å². The van der Waals surface area contributed by atoms with Crippen molar-refractivity contribution in [1.29, 1.82) is 0 Å². The molecule has 9 heavy (non-hydrogen) atoms. The fourth-order valence-electron chi connectivity index (χ4n) is 0.873. The standard InChI is InChI=1S/C7H14S2/c1-2-3-4-5-6-7-8-9-7/h7H,2-6H2,1H3. The van der Waals surface area contributed by atoms with Gasteiger partial charge in [0, 0.05) is 0 Å². The summed E-state index contributed by atoms with van der Waals surface area (Å²) in [7, 11) is 4.09. The Morgan fingerprint density at radius 2 is 1.89 bits per heavy atom. The van der Waals surface area contributed by atoms with Crippen molar-refractivity contribution in [2.45, 2.75) is 43.6 Å². The van der Waals surface area contributed by atoms with E-state index in [1.165, 1.54) is 32.1 Å². The predicted molar refractivity (Wildman–Crippen MR) is 47.7 cm³/mol. The molecular weight excluding hydrogens is 148 g/mol. The Hall–Kier alpha value is 0.700. The van der Waals surface area contributed by atoms with Crippen LogP contribution in [0.1, 0.15) is 39.0 Å². The van der Waals surface area contributed by atoms with Gasteiger partial charge in [0.1, 0.15) is 0 Å². The Balaban J connectivity index is 1.71. The van der Waals surface area contributed by atoms with Crippen molar-refractivity contribution in [3.05, 3.63) is 0 Å². The van der Waals surface area contributed by atoms with Gasteiger partial charge in [0.25, 0.3) is 0 Å². The summed E-state index contributed by atoms with van der Waals surface area (Å²) in [5.74, 6) is 0. The first-order valence-electron chi connectivity index (χ1n) is 3.75. The minimum absolute atomic E-state index is 0.988. The lowest BCUT2D eigenvalue weighted by molar-refractivity contribution is 0.655. The monoisotopic (exact) mass is 162 g/mol. The van der Waals surface area contributed by atoms with Crippen LogP contribution in [0.15, 0.2) is 0 Å². The Morgan fingerprint density at radius 1 is 1.11 bits per heavy atom. The molecule has 54 valence electrons. The molecule has 0 aromatic rings. The van der Waals surface area contributed by atoms with Gasteiger partial charge in [-0.25, -0.2) is 0 Å². The maximum atomic E-state index is 2.26. The van der Waals surface area contributed by atoms with E-state index in [1.807, 2.05) is 21.6 Å². The molecule has 2 heteroatoms. The van der Waals surface area contributed by atoms with Crippen LogP contribution in [0, 0.1) is 0 Å². The van der Waals surface area contributed by atoms with Gasteiger partial charge < -0.3 is 0 Å². The highest BCUT2D eigenvalue weighted by atomic mass is 33.2. The van der Waals surface area contributed by atoms with Gasteiger partial charge in [-0.05, 0) is 6.42 Å². The summed E-state index contributed by atoms with van der Waals surface area (Å²) in [6, 6.07) is 0. The van der Waals surface area contributed by atoms with Crippen molar-refractivity contribution >= 4 is 21.6 Å². The molecule has 0 nitrogen and oxygen atoms in total. The van der Waals surface area contributed by atoms with Crippen LogP contribution in [0.3, 0.4) is 0 Å². The average Bonchev–Trinajstić information content (AvgIpc) is 2.63. The predicted octanol–water partition coefficient (Wildman–Crippen LogP) is 3.68. The van der Waals surface area contributed by atoms with Gasteiger partial charge >= 0.3 is 0 Å². The average molecular weight is 162 g/mol. The van der Waals surface area contributed by atoms with Crippen molar-refractivity contribution in [1.82, 2.24) is 0 Å². The third-order valence-corrected chi connectivity index (χ3v) is 3.86. The minimum Gasteiger partial charge on any atom is -0.0777 e. The summed E-state index contributed by atoms with van der Waals surface area (Å²) in [6.07, 6.45) is 7.16. The molecule has 1 fully saturated rings. The lowest BCUT2D eigenvalue weighted by atomic mass is 10.2. The van der Waals surface area contributed by atoms with Crippen molar-refractivity contribution < 1.29 is 0 Å². The highest BCUT2D eigenvalue weighted by Gasteiger charge is 2.22. The topological polar surface area (TPSA) is 0 Å². The molecule has 1 heterocycles. The Bertz CT molecular complexity index is 69.3. The third kappa shape index (κ3) is 4.15. The van der Waals surface area contributed by atoms with E-state index in [-0.39, 0.29) is 0 Å². The molecule has 1 rings (SSSR count). The summed E-state index contributed by atoms with van der Waals surface area (Å²) in [4.78, 5) is 0. The minimum atomic E-state index is 0.988. The smallest absolute Gasteiger partial charge is 0.0710 e. The van der Waals surface area contributed by atoms with E-state index in [2.05, 4.69) is 6.92 Å². The van der Waals surface area contributed by atoms with Crippen LogP contribution in [0.2, 0.25) is 0 Å². The second kappa shape index (κ2) is 4.51. The lowest BCUT2D eigenvalue weighted by Gasteiger charge is -1.93. The van der Waals surface area contributed by atoms with Crippen LogP contribution >= 0.6 is 21.6 Å². The van der Waals surface area contributed by atoms with E-state index in [4.69, 9.17) is 0 Å². The van der Waals surface area contributed by atoms with Crippen LogP contribution in [0.4, 0.5) is 0 Å². The van der Waals surface area contributed by atoms with Gasteiger partial charge in [-0.15, -0.1) is 0 Å². The van der Waals surface area contributed by atoms with E-state index in [0.29, 0.717) is 0 Å². The Labute approximate surface area is 65.6 Å². The molecule has 0 aromatic carbocycles. The van der Waals surface area contributed by atoms with Gasteiger partial charge in [0.2, 0.25) is 0 Å². The molecule has 0 N–H and O–H groups in total. The molecule has 0 atom stereocenters. The van der Waals surface area contributed by atoms with Crippen molar-refractivity contribution in [3.63, 3.8) is 0 Å². The van der Waals surface area contributed by atoms with Crippen molar-refractivity contribution in [2.75, 3.05) is 0 Å². The molecule has 0 saturated carbocycles. The first-order valence-corrected chi connectivity index (χ1v) is 6.03. The van der Waals surface area contributed by atoms with E-state index < -0.39 is 0 Å². The molecule has 0 radical (unpaired) electrons. The van der Waals surface area contributed by atoms with Gasteiger partial charge in [-0.2, -0.15) is 0 Å². The molecule has 1 aliphatic heterocycles. The first-order chi connectivity index (χ1) is 4.43. The normalized spacial score (nSPS) is 18.3. The number of hydrogen-bond acceptors (Lipinski definition) is 2. The number of rotatable bonds is 5. The lowest BCUT2D eigenvalue weighted by Crippen LogP contribution is -1.79. The van der Waals surface area contributed by atoms with Crippen LogP contribution in [-0.2, 0) is 0 Å². The summed E-state index contributed by atoms with van der Waals surface area (Å²) in [5.41, 5.74) is 0. The van der Waals surface area contributed by atoms with E-state index in [0.717, 1.165) is 4.58 Å². The summed E-state index contributed by atoms with van der Waals surface area (Å²) < 4.78 is 0.988. The van der Waals surface area contributed by atoms with Crippen LogP contribution < -0.4 is 0 Å². The van der Waals surface area contributed by atoms with Gasteiger partial charge in [0.05, 0.1) is 4.58 Å². The Morgan fingerprint density at radius 3 is 2.44 bits per heavy atom. The fraction of sp³-hybridized carbons (Fsp3) is 1.00. The molecule has 0 unspecified atom stereocenters. The molecule has 0 amide bonds. The first kappa shape index (κ1) is 7.80. The third-order valence-electron chi connectivity index (χ3n) is 1.53. The van der Waals surface area contributed by atoms with Crippen molar-refractivity contribution in [3.8, 4) is 0 Å². The summed E-state index contributed by atoms with van der Waals surface area (Å²) in [5, 5.41) is 0. The zero-order valence-corrected chi connectivity index (χ0v) is 7.56. The van der Waals surface area contributed by atoms with Gasteiger partial charge in [0.15, 0.2) is 0 Å². The van der Waals surface area contributed by atoms with Gasteiger partial charge in [-0.1, -0.05) is 54.2 Å². The largest absolute Gasteiger partial charge is 0.0777 e. The molecule has 1 saturated heterocycles. The second-order valence-electron chi connectivity index (χ2n) is 2.47. The summed E-state index contributed by atoms with van der Waals surface area (Å²) >= 11 is 0. The van der Waals surface area contributed by atoms with E-state index >= 15 is 0 Å². The maximum absolute atomic E-state index is 2.26.